The summed E-state index contributed by atoms with van der Waals surface area (Å²) in [6, 6.07) is 32.3. The normalized spacial score (nSPS) is 12.0. The van der Waals surface area contributed by atoms with Crippen LogP contribution in [0.2, 0.25) is 0 Å². The molecule has 0 radical (unpaired) electrons. The summed E-state index contributed by atoms with van der Waals surface area (Å²) in [5.74, 6) is -0.297. The topological polar surface area (TPSA) is 88.3 Å². The van der Waals surface area contributed by atoms with E-state index in [2.05, 4.69) is 5.32 Å². The van der Waals surface area contributed by atoms with Crippen LogP contribution in [0.3, 0.4) is 0 Å². The first-order chi connectivity index (χ1) is 19.1. The monoisotopic (exact) mass is 566 g/mol. The van der Waals surface area contributed by atoms with E-state index in [4.69, 9.17) is 10.7 Å². The maximum atomic E-state index is 13.7. The number of hydrogen-bond donors (Lipinski definition) is 2. The zero-order chi connectivity index (χ0) is 26.8. The second-order valence-corrected chi connectivity index (χ2v) is 10.4. The van der Waals surface area contributed by atoms with Gasteiger partial charge >= 0.3 is 0 Å². The molecule has 3 N–H and O–H groups in total. The van der Waals surface area contributed by atoms with Gasteiger partial charge in [-0.3, -0.25) is 9.59 Å². The van der Waals surface area contributed by atoms with E-state index in [1.165, 1.54) is 0 Å². The van der Waals surface area contributed by atoms with Gasteiger partial charge in [0, 0.05) is 46.8 Å². The first-order valence-corrected chi connectivity index (χ1v) is 13.6. The van der Waals surface area contributed by atoms with E-state index in [1.54, 1.807) is 35.6 Å². The number of halogens is 1. The minimum absolute atomic E-state index is 0. The maximum absolute atomic E-state index is 13.7. The second kappa shape index (κ2) is 11.8. The van der Waals surface area contributed by atoms with Gasteiger partial charge in [0.1, 0.15) is 5.01 Å². The standard InChI is InChI=1S/C32H26N4O2S.ClH/c33-20-29-35-30-26-12-6-7-13-27(26)36(19-18-28(30)39-29)32(38)22-14-16-23(17-15-22)34-31(37)25-11-5-4-10-24(25)21-8-2-1-3-9-21;/h1-17H,18-20,33H2,(H,34,37);1H. The van der Waals surface area contributed by atoms with E-state index in [0.29, 0.717) is 36.3 Å². The molecule has 8 heteroatoms. The van der Waals surface area contributed by atoms with Crippen LogP contribution in [0.5, 0.6) is 0 Å². The molecule has 0 atom stereocenters. The molecule has 1 aliphatic rings. The van der Waals surface area contributed by atoms with Crippen molar-refractivity contribution in [2.45, 2.75) is 13.0 Å². The molecule has 6 rings (SSSR count). The fourth-order valence-electron chi connectivity index (χ4n) is 4.92. The Morgan fingerprint density at radius 2 is 1.52 bits per heavy atom. The number of benzene rings is 4. The summed E-state index contributed by atoms with van der Waals surface area (Å²) < 4.78 is 0. The maximum Gasteiger partial charge on any atom is 0.258 e. The lowest BCUT2D eigenvalue weighted by Crippen LogP contribution is -2.32. The minimum Gasteiger partial charge on any atom is -0.325 e. The number of para-hydroxylation sites is 1. The van der Waals surface area contributed by atoms with Gasteiger partial charge < -0.3 is 16.0 Å². The lowest BCUT2D eigenvalue weighted by Gasteiger charge is -2.23. The molecule has 0 unspecified atom stereocenters. The average molecular weight is 567 g/mol. The van der Waals surface area contributed by atoms with Crippen LogP contribution in [-0.2, 0) is 13.0 Å². The highest BCUT2D eigenvalue weighted by atomic mass is 35.5. The van der Waals surface area contributed by atoms with E-state index in [0.717, 1.165) is 38.0 Å². The van der Waals surface area contributed by atoms with Crippen LogP contribution in [0.25, 0.3) is 22.4 Å². The number of carbonyl (C=O) groups is 2. The number of nitrogens with one attached hydrogen (secondary N) is 1. The smallest absolute Gasteiger partial charge is 0.258 e. The van der Waals surface area contributed by atoms with E-state index < -0.39 is 0 Å². The molecule has 5 aromatic rings. The fourth-order valence-corrected chi connectivity index (χ4v) is 5.87. The SMILES string of the molecule is Cl.NCc1nc2c(s1)CCN(C(=O)c1ccc(NC(=O)c3ccccc3-c3ccccc3)cc1)c1ccccc1-2. The average Bonchev–Trinajstić information content (AvgIpc) is 3.35. The van der Waals surface area contributed by atoms with Gasteiger partial charge in [0.2, 0.25) is 0 Å². The van der Waals surface area contributed by atoms with Crippen molar-refractivity contribution in [3.8, 4) is 22.4 Å². The van der Waals surface area contributed by atoms with Gasteiger partial charge in [-0.1, -0.05) is 66.7 Å². The van der Waals surface area contributed by atoms with Crippen molar-refractivity contribution in [3.63, 3.8) is 0 Å². The molecule has 0 fully saturated rings. The number of anilines is 2. The molecular weight excluding hydrogens is 540 g/mol. The third kappa shape index (κ3) is 5.27. The summed E-state index contributed by atoms with van der Waals surface area (Å²) in [6.07, 6.45) is 0.711. The van der Waals surface area contributed by atoms with Crippen LogP contribution in [0.15, 0.2) is 103 Å². The number of hydrogen-bond acceptors (Lipinski definition) is 5. The van der Waals surface area contributed by atoms with Crippen molar-refractivity contribution in [2.24, 2.45) is 5.73 Å². The number of nitrogens with two attached hydrogens (primary N) is 1. The molecule has 40 heavy (non-hydrogen) atoms. The van der Waals surface area contributed by atoms with Crippen LogP contribution in [-0.4, -0.2) is 23.3 Å². The molecule has 6 nitrogen and oxygen atoms in total. The number of amides is 2. The number of aromatic nitrogens is 1. The van der Waals surface area contributed by atoms with Crippen molar-refractivity contribution in [1.82, 2.24) is 4.98 Å². The van der Waals surface area contributed by atoms with E-state index in [-0.39, 0.29) is 24.2 Å². The summed E-state index contributed by atoms with van der Waals surface area (Å²) in [5, 5.41) is 3.88. The van der Waals surface area contributed by atoms with Gasteiger partial charge in [-0.05, 0) is 47.5 Å². The third-order valence-electron chi connectivity index (χ3n) is 6.82. The van der Waals surface area contributed by atoms with Crippen LogP contribution in [0.4, 0.5) is 11.4 Å². The zero-order valence-corrected chi connectivity index (χ0v) is 23.2. The minimum atomic E-state index is -0.203. The van der Waals surface area contributed by atoms with E-state index in [9.17, 15) is 9.59 Å². The Balaban J connectivity index is 0.00000323. The summed E-state index contributed by atoms with van der Waals surface area (Å²) in [5.41, 5.74) is 12.1. The highest BCUT2D eigenvalue weighted by Crippen LogP contribution is 2.39. The Kier molecular flexibility index (Phi) is 8.07. The van der Waals surface area contributed by atoms with Gasteiger partial charge in [-0.15, -0.1) is 23.7 Å². The second-order valence-electron chi connectivity index (χ2n) is 9.25. The van der Waals surface area contributed by atoms with Gasteiger partial charge in [0.25, 0.3) is 11.8 Å². The number of rotatable bonds is 5. The van der Waals surface area contributed by atoms with Crippen molar-refractivity contribution in [2.75, 3.05) is 16.8 Å². The number of thiazole rings is 1. The molecule has 0 spiro atoms. The lowest BCUT2D eigenvalue weighted by molar-refractivity contribution is 0.0986. The summed E-state index contributed by atoms with van der Waals surface area (Å²) >= 11 is 1.61. The quantitative estimate of drug-likeness (QED) is 0.244. The molecule has 2 heterocycles. The van der Waals surface area contributed by atoms with Crippen molar-refractivity contribution >= 4 is 46.9 Å². The molecule has 2 amide bonds. The Labute approximate surface area is 242 Å². The van der Waals surface area contributed by atoms with Crippen molar-refractivity contribution in [1.29, 1.82) is 0 Å². The molecule has 1 aliphatic heterocycles. The molecular formula is C32H27ClN4O2S. The summed E-state index contributed by atoms with van der Waals surface area (Å²) in [6.45, 7) is 0.951. The lowest BCUT2D eigenvalue weighted by atomic mass is 9.99. The molecule has 1 aromatic heterocycles. The number of carbonyl (C=O) groups excluding carboxylic acids is 2. The highest BCUT2D eigenvalue weighted by Gasteiger charge is 2.27. The molecule has 4 aromatic carbocycles. The predicted molar refractivity (Wildman–Crippen MR) is 164 cm³/mol. The first kappa shape index (κ1) is 27.3. The zero-order valence-electron chi connectivity index (χ0n) is 21.5. The Bertz CT molecular complexity index is 1670. The van der Waals surface area contributed by atoms with Crippen LogP contribution in [0, 0.1) is 0 Å². The molecule has 0 saturated carbocycles. The number of fused-ring (bicyclic) bond motifs is 3. The van der Waals surface area contributed by atoms with E-state index in [1.807, 2.05) is 83.8 Å². The number of nitrogens with zero attached hydrogens (tertiary/aromatic N) is 2. The van der Waals surface area contributed by atoms with Crippen molar-refractivity contribution < 1.29 is 9.59 Å². The fraction of sp³-hybridized carbons (Fsp3) is 0.0938. The van der Waals surface area contributed by atoms with Gasteiger partial charge in [-0.25, -0.2) is 4.98 Å². The van der Waals surface area contributed by atoms with Crippen LogP contribution < -0.4 is 16.0 Å². The molecule has 0 saturated heterocycles. The van der Waals surface area contributed by atoms with Crippen LogP contribution in [0.1, 0.15) is 30.6 Å². The van der Waals surface area contributed by atoms with Gasteiger partial charge in [-0.2, -0.15) is 0 Å². The largest absolute Gasteiger partial charge is 0.325 e. The first-order valence-electron chi connectivity index (χ1n) is 12.8. The molecule has 200 valence electrons. The Hall–Kier alpha value is -4.30. The molecule has 0 aliphatic carbocycles. The van der Waals surface area contributed by atoms with E-state index >= 15 is 0 Å². The highest BCUT2D eigenvalue weighted by molar-refractivity contribution is 7.12. The van der Waals surface area contributed by atoms with Gasteiger partial charge in [0.05, 0.1) is 11.4 Å². The van der Waals surface area contributed by atoms with Crippen LogP contribution >= 0.6 is 23.7 Å². The Morgan fingerprint density at radius 3 is 2.27 bits per heavy atom. The summed E-state index contributed by atoms with van der Waals surface area (Å²) in [4.78, 5) is 34.6. The molecule has 0 bridgehead atoms. The van der Waals surface area contributed by atoms with Gasteiger partial charge in [0.15, 0.2) is 0 Å². The predicted octanol–water partition coefficient (Wildman–Crippen LogP) is 6.81. The Morgan fingerprint density at radius 1 is 0.850 bits per heavy atom. The third-order valence-corrected chi connectivity index (χ3v) is 7.96. The van der Waals surface area contributed by atoms with Crippen molar-refractivity contribution in [3.05, 3.63) is 124 Å². The summed E-state index contributed by atoms with van der Waals surface area (Å²) in [7, 11) is 0.